The molecule has 30 heavy (non-hydrogen) atoms. The van der Waals surface area contributed by atoms with Gasteiger partial charge in [-0.05, 0) is 69.2 Å². The van der Waals surface area contributed by atoms with Crippen molar-refractivity contribution in [3.63, 3.8) is 0 Å². The molecule has 2 aliphatic rings. The van der Waals surface area contributed by atoms with Crippen LogP contribution in [0.5, 0.6) is 0 Å². The Labute approximate surface area is 180 Å². The van der Waals surface area contributed by atoms with Crippen molar-refractivity contribution in [1.82, 2.24) is 5.32 Å². The summed E-state index contributed by atoms with van der Waals surface area (Å²) in [5, 5.41) is 12.5. The molecule has 162 valence electrons. The molecule has 1 amide bonds. The summed E-state index contributed by atoms with van der Waals surface area (Å²) in [6, 6.07) is 5.50. The second-order valence-corrected chi connectivity index (χ2v) is 9.48. The predicted molar refractivity (Wildman–Crippen MR) is 120 cm³/mol. The van der Waals surface area contributed by atoms with Crippen molar-refractivity contribution in [2.75, 3.05) is 11.4 Å². The van der Waals surface area contributed by atoms with Crippen LogP contribution in [0.2, 0.25) is 0 Å². The fourth-order valence-electron chi connectivity index (χ4n) is 5.09. The van der Waals surface area contributed by atoms with E-state index in [-0.39, 0.29) is 23.1 Å². The number of carbonyl (C=O) groups is 1. The highest BCUT2D eigenvalue weighted by molar-refractivity contribution is 6.02. The van der Waals surface area contributed by atoms with Crippen molar-refractivity contribution in [1.29, 1.82) is 5.26 Å². The quantitative estimate of drug-likeness (QED) is 0.501. The summed E-state index contributed by atoms with van der Waals surface area (Å²) in [6.45, 7) is 9.57. The highest BCUT2D eigenvalue weighted by Crippen LogP contribution is 2.44. The molecule has 0 spiro atoms. The van der Waals surface area contributed by atoms with Gasteiger partial charge in [-0.1, -0.05) is 33.1 Å². The van der Waals surface area contributed by atoms with Gasteiger partial charge in [-0.15, -0.1) is 0 Å². The molecule has 5 heteroatoms. The molecule has 1 N–H and O–H groups in total. The standard InChI is InChI=1S/C25H34FN3O/c1-5-11-29-23-14-22(26)18(13-21(23)17(2)15-25(29,3)4)12-19(16-27)24(30)28-20-9-7-6-8-10-20/h12-14,17,20H,5-11,15H2,1-4H3,(H,28,30)/b19-12+. The predicted octanol–water partition coefficient (Wildman–Crippen LogP) is 5.68. The second kappa shape index (κ2) is 9.20. The Kier molecular flexibility index (Phi) is 6.85. The molecule has 1 aliphatic carbocycles. The summed E-state index contributed by atoms with van der Waals surface area (Å²) in [6.07, 6.45) is 8.64. The first kappa shape index (κ1) is 22.3. The van der Waals surface area contributed by atoms with Crippen LogP contribution in [0, 0.1) is 17.1 Å². The Hall–Kier alpha value is -2.35. The zero-order valence-electron chi connectivity index (χ0n) is 18.7. The van der Waals surface area contributed by atoms with E-state index in [2.05, 4.69) is 37.9 Å². The van der Waals surface area contributed by atoms with Crippen molar-refractivity contribution in [3.8, 4) is 6.07 Å². The maximum Gasteiger partial charge on any atom is 0.262 e. The van der Waals surface area contributed by atoms with E-state index in [9.17, 15) is 10.1 Å². The minimum absolute atomic E-state index is 0.0337. The zero-order valence-corrected chi connectivity index (χ0v) is 18.7. The van der Waals surface area contributed by atoms with Gasteiger partial charge < -0.3 is 10.2 Å². The Morgan fingerprint density at radius 2 is 2.03 bits per heavy atom. The highest BCUT2D eigenvalue weighted by Gasteiger charge is 2.36. The molecule has 4 nitrogen and oxygen atoms in total. The summed E-state index contributed by atoms with van der Waals surface area (Å²) >= 11 is 0. The van der Waals surface area contributed by atoms with E-state index in [1.165, 1.54) is 12.5 Å². The lowest BCUT2D eigenvalue weighted by Crippen LogP contribution is -2.48. The number of fused-ring (bicyclic) bond motifs is 1. The third kappa shape index (κ3) is 4.69. The number of nitriles is 1. The number of nitrogens with one attached hydrogen (secondary N) is 1. The number of hydrogen-bond acceptors (Lipinski definition) is 3. The maximum atomic E-state index is 15.1. The lowest BCUT2D eigenvalue weighted by atomic mass is 9.79. The number of anilines is 1. The van der Waals surface area contributed by atoms with Gasteiger partial charge in [-0.25, -0.2) is 4.39 Å². The SMILES string of the molecule is CCCN1c2cc(F)c(/C=C(\C#N)C(=O)NC3CCCCC3)cc2C(C)CC1(C)C. The Balaban J connectivity index is 1.92. The first-order valence-electron chi connectivity index (χ1n) is 11.3. The molecule has 1 aliphatic heterocycles. The summed E-state index contributed by atoms with van der Waals surface area (Å²) < 4.78 is 15.1. The molecule has 0 aromatic heterocycles. The van der Waals surface area contributed by atoms with Crippen LogP contribution < -0.4 is 10.2 Å². The highest BCUT2D eigenvalue weighted by atomic mass is 19.1. The first-order chi connectivity index (χ1) is 14.3. The van der Waals surface area contributed by atoms with Gasteiger partial charge in [0.25, 0.3) is 5.91 Å². The molecule has 1 fully saturated rings. The number of hydrogen-bond donors (Lipinski definition) is 1. The number of halogens is 1. The molecule has 1 atom stereocenters. The van der Waals surface area contributed by atoms with Gasteiger partial charge in [0.15, 0.2) is 0 Å². The third-order valence-corrected chi connectivity index (χ3v) is 6.56. The minimum Gasteiger partial charge on any atom is -0.366 e. The molecule has 1 aromatic carbocycles. The summed E-state index contributed by atoms with van der Waals surface area (Å²) in [4.78, 5) is 14.9. The Morgan fingerprint density at radius 3 is 2.67 bits per heavy atom. The number of nitrogens with zero attached hydrogens (tertiary/aromatic N) is 2. The van der Waals surface area contributed by atoms with E-state index in [0.717, 1.165) is 56.3 Å². The smallest absolute Gasteiger partial charge is 0.262 e. The molecular formula is C25H34FN3O. The minimum atomic E-state index is -0.400. The van der Waals surface area contributed by atoms with E-state index in [1.807, 2.05) is 12.1 Å². The monoisotopic (exact) mass is 411 g/mol. The van der Waals surface area contributed by atoms with Crippen LogP contribution in [0.4, 0.5) is 10.1 Å². The number of amides is 1. The van der Waals surface area contributed by atoms with Crippen LogP contribution in [-0.4, -0.2) is 24.0 Å². The Morgan fingerprint density at radius 1 is 1.33 bits per heavy atom. The van der Waals surface area contributed by atoms with Crippen LogP contribution in [-0.2, 0) is 4.79 Å². The van der Waals surface area contributed by atoms with Crippen molar-refractivity contribution < 1.29 is 9.18 Å². The topological polar surface area (TPSA) is 56.1 Å². The van der Waals surface area contributed by atoms with Crippen LogP contribution in [0.25, 0.3) is 6.08 Å². The molecular weight excluding hydrogens is 377 g/mol. The van der Waals surface area contributed by atoms with Gasteiger partial charge >= 0.3 is 0 Å². The van der Waals surface area contributed by atoms with Crippen LogP contribution in [0.1, 0.15) is 89.7 Å². The van der Waals surface area contributed by atoms with Gasteiger partial charge in [0.1, 0.15) is 17.5 Å². The average Bonchev–Trinajstić information content (AvgIpc) is 2.70. The fraction of sp³-hybridized carbons (Fsp3) is 0.600. The van der Waals surface area contributed by atoms with Gasteiger partial charge in [0, 0.05) is 29.4 Å². The van der Waals surface area contributed by atoms with E-state index in [4.69, 9.17) is 0 Å². The van der Waals surface area contributed by atoms with Gasteiger partial charge in [-0.3, -0.25) is 4.79 Å². The van der Waals surface area contributed by atoms with Crippen molar-refractivity contribution in [2.24, 2.45) is 0 Å². The second-order valence-electron chi connectivity index (χ2n) is 9.48. The summed E-state index contributed by atoms with van der Waals surface area (Å²) in [5.41, 5.74) is 2.26. The molecule has 1 aromatic rings. The van der Waals surface area contributed by atoms with Gasteiger partial charge in [-0.2, -0.15) is 5.26 Å². The molecule has 1 saturated carbocycles. The van der Waals surface area contributed by atoms with Crippen LogP contribution in [0.15, 0.2) is 17.7 Å². The average molecular weight is 412 g/mol. The molecule has 1 heterocycles. The number of benzene rings is 1. The van der Waals surface area contributed by atoms with Crippen LogP contribution in [0.3, 0.4) is 0 Å². The molecule has 0 bridgehead atoms. The maximum absolute atomic E-state index is 15.1. The molecule has 0 radical (unpaired) electrons. The van der Waals surface area contributed by atoms with Crippen LogP contribution >= 0.6 is 0 Å². The van der Waals surface area contributed by atoms with E-state index < -0.39 is 11.7 Å². The van der Waals surface area contributed by atoms with Crippen molar-refractivity contribution in [3.05, 3.63) is 34.6 Å². The molecule has 1 unspecified atom stereocenters. The fourth-order valence-corrected chi connectivity index (χ4v) is 5.09. The van der Waals surface area contributed by atoms with E-state index >= 15 is 4.39 Å². The van der Waals surface area contributed by atoms with Gasteiger partial charge in [0.2, 0.25) is 0 Å². The van der Waals surface area contributed by atoms with E-state index in [0.29, 0.717) is 5.56 Å². The molecule has 0 saturated heterocycles. The van der Waals surface area contributed by atoms with E-state index in [1.54, 1.807) is 6.07 Å². The number of rotatable bonds is 5. The zero-order chi connectivity index (χ0) is 21.9. The summed E-state index contributed by atoms with van der Waals surface area (Å²) in [5.74, 6) is -0.515. The third-order valence-electron chi connectivity index (χ3n) is 6.56. The Bertz CT molecular complexity index is 862. The van der Waals surface area contributed by atoms with Crippen molar-refractivity contribution in [2.45, 2.75) is 90.1 Å². The van der Waals surface area contributed by atoms with Gasteiger partial charge in [0.05, 0.1) is 0 Å². The largest absolute Gasteiger partial charge is 0.366 e. The summed E-state index contributed by atoms with van der Waals surface area (Å²) in [7, 11) is 0. The number of carbonyl (C=O) groups excluding carboxylic acids is 1. The normalized spacial score (nSPS) is 21.7. The molecule has 3 rings (SSSR count). The van der Waals surface area contributed by atoms with Crippen molar-refractivity contribution >= 4 is 17.7 Å². The lowest BCUT2D eigenvalue weighted by molar-refractivity contribution is -0.117. The first-order valence-corrected chi connectivity index (χ1v) is 11.3. The lowest BCUT2D eigenvalue weighted by Gasteiger charge is -2.47.